The van der Waals surface area contributed by atoms with E-state index in [1.54, 1.807) is 25.1 Å². The van der Waals surface area contributed by atoms with E-state index < -0.39 is 11.4 Å². The molecule has 0 saturated heterocycles. The van der Waals surface area contributed by atoms with E-state index in [1.165, 1.54) is 6.20 Å². The van der Waals surface area contributed by atoms with Gasteiger partial charge in [0.1, 0.15) is 5.56 Å². The number of aromatic nitrogens is 1. The average Bonchev–Trinajstić information content (AvgIpc) is 2.47. The number of hydrogen-bond donors (Lipinski definition) is 2. The molecule has 0 unspecified atom stereocenters. The summed E-state index contributed by atoms with van der Waals surface area (Å²) < 4.78 is 4.97. The number of ether oxygens (including phenoxy) is 1. The molecule has 0 radical (unpaired) electrons. The zero-order chi connectivity index (χ0) is 17.2. The van der Waals surface area contributed by atoms with Crippen molar-refractivity contribution in [3.8, 4) is 0 Å². The number of benzene rings is 1. The Morgan fingerprint density at radius 2 is 2.00 bits per heavy atom. The van der Waals surface area contributed by atoms with Crippen LogP contribution in [-0.2, 0) is 9.53 Å². The molecule has 0 aliphatic heterocycles. The monoisotopic (exact) mass is 315 g/mol. The number of carbonyl (C=O) groups excluding carboxylic acids is 2. The standard InChI is InChI=1S/C17H21N3O3/c1-5-23-15(21)12-9-19-13-7-6-10(8-11(13)14(12)18)20-16(22)17(2,3)4/h6-9H,5H2,1-4H3,(H2,18,19)(H,20,22). The number of nitrogens with zero attached hydrogens (tertiary/aromatic N) is 1. The van der Waals surface area contributed by atoms with E-state index in [4.69, 9.17) is 10.5 Å². The maximum atomic E-state index is 12.1. The molecule has 0 aliphatic rings. The molecule has 0 aliphatic carbocycles. The van der Waals surface area contributed by atoms with E-state index in [2.05, 4.69) is 10.3 Å². The number of amides is 1. The smallest absolute Gasteiger partial charge is 0.341 e. The third kappa shape index (κ3) is 3.59. The van der Waals surface area contributed by atoms with Gasteiger partial charge in [0.05, 0.1) is 17.8 Å². The number of nitrogens with one attached hydrogen (secondary N) is 1. The fourth-order valence-corrected chi connectivity index (χ4v) is 1.98. The fourth-order valence-electron chi connectivity index (χ4n) is 1.98. The van der Waals surface area contributed by atoms with Crippen LogP contribution in [0.3, 0.4) is 0 Å². The zero-order valence-corrected chi connectivity index (χ0v) is 13.8. The predicted octanol–water partition coefficient (Wildman–Crippen LogP) is 2.98. The van der Waals surface area contributed by atoms with Crippen LogP contribution in [0.1, 0.15) is 38.1 Å². The number of fused-ring (bicyclic) bond motifs is 1. The first kappa shape index (κ1) is 16.7. The third-order valence-corrected chi connectivity index (χ3v) is 3.34. The van der Waals surface area contributed by atoms with Crippen LogP contribution in [0.25, 0.3) is 10.9 Å². The summed E-state index contributed by atoms with van der Waals surface area (Å²) in [6, 6.07) is 5.21. The molecule has 1 amide bonds. The molecule has 122 valence electrons. The summed E-state index contributed by atoms with van der Waals surface area (Å²) in [4.78, 5) is 28.2. The lowest BCUT2D eigenvalue weighted by molar-refractivity contribution is -0.123. The fraction of sp³-hybridized carbons (Fsp3) is 0.353. The van der Waals surface area contributed by atoms with Crippen molar-refractivity contribution in [3.05, 3.63) is 30.0 Å². The second-order valence-electron chi connectivity index (χ2n) is 6.24. The van der Waals surface area contributed by atoms with Gasteiger partial charge in [0.2, 0.25) is 5.91 Å². The zero-order valence-electron chi connectivity index (χ0n) is 13.8. The Morgan fingerprint density at radius 3 is 2.61 bits per heavy atom. The Balaban J connectivity index is 2.43. The minimum Gasteiger partial charge on any atom is -0.462 e. The van der Waals surface area contributed by atoms with Crippen molar-refractivity contribution in [1.29, 1.82) is 0 Å². The second-order valence-corrected chi connectivity index (χ2v) is 6.24. The van der Waals surface area contributed by atoms with Gasteiger partial charge in [-0.3, -0.25) is 9.78 Å². The summed E-state index contributed by atoms with van der Waals surface area (Å²) in [5.41, 5.74) is 7.33. The Bertz CT molecular complexity index is 764. The SMILES string of the molecule is CCOC(=O)c1cnc2ccc(NC(=O)C(C)(C)C)cc2c1N. The van der Waals surface area contributed by atoms with Crippen molar-refractivity contribution in [2.75, 3.05) is 17.7 Å². The van der Waals surface area contributed by atoms with Crippen LogP contribution in [0.5, 0.6) is 0 Å². The van der Waals surface area contributed by atoms with Crippen LogP contribution in [0, 0.1) is 5.41 Å². The topological polar surface area (TPSA) is 94.3 Å². The quantitative estimate of drug-likeness (QED) is 0.849. The molecule has 0 spiro atoms. The van der Waals surface area contributed by atoms with Crippen molar-refractivity contribution in [1.82, 2.24) is 4.98 Å². The second kappa shape index (κ2) is 6.24. The minimum atomic E-state index is -0.511. The third-order valence-electron chi connectivity index (χ3n) is 3.34. The van der Waals surface area contributed by atoms with E-state index in [9.17, 15) is 9.59 Å². The lowest BCUT2D eigenvalue weighted by Crippen LogP contribution is -2.27. The number of esters is 1. The Hall–Kier alpha value is -2.63. The normalized spacial score (nSPS) is 11.3. The lowest BCUT2D eigenvalue weighted by atomic mass is 9.95. The van der Waals surface area contributed by atoms with Gasteiger partial charge in [-0.1, -0.05) is 20.8 Å². The van der Waals surface area contributed by atoms with E-state index in [0.717, 1.165) is 0 Å². The Kier molecular flexibility index (Phi) is 4.54. The molecule has 0 atom stereocenters. The van der Waals surface area contributed by atoms with Gasteiger partial charge in [-0.15, -0.1) is 0 Å². The summed E-state index contributed by atoms with van der Waals surface area (Å²) >= 11 is 0. The maximum Gasteiger partial charge on any atom is 0.341 e. The number of anilines is 2. The molecule has 1 heterocycles. The van der Waals surface area contributed by atoms with Gasteiger partial charge in [0, 0.05) is 22.7 Å². The van der Waals surface area contributed by atoms with Crippen LogP contribution < -0.4 is 11.1 Å². The molecule has 0 bridgehead atoms. The van der Waals surface area contributed by atoms with E-state index in [1.807, 2.05) is 20.8 Å². The molecule has 0 fully saturated rings. The number of pyridine rings is 1. The highest BCUT2D eigenvalue weighted by Crippen LogP contribution is 2.27. The Morgan fingerprint density at radius 1 is 1.30 bits per heavy atom. The summed E-state index contributed by atoms with van der Waals surface area (Å²) in [6.45, 7) is 7.48. The molecule has 1 aromatic heterocycles. The maximum absolute atomic E-state index is 12.1. The summed E-state index contributed by atoms with van der Waals surface area (Å²) in [5, 5.41) is 3.44. The highest BCUT2D eigenvalue weighted by Gasteiger charge is 2.21. The first-order chi connectivity index (χ1) is 10.7. The van der Waals surface area contributed by atoms with Crippen molar-refractivity contribution in [2.24, 2.45) is 5.41 Å². The van der Waals surface area contributed by atoms with Gasteiger partial charge < -0.3 is 15.8 Å². The van der Waals surface area contributed by atoms with Crippen LogP contribution in [0.2, 0.25) is 0 Å². The predicted molar refractivity (Wildman–Crippen MR) is 90.2 cm³/mol. The van der Waals surface area contributed by atoms with Crippen LogP contribution in [0.4, 0.5) is 11.4 Å². The number of carbonyl (C=O) groups is 2. The summed E-state index contributed by atoms with van der Waals surface area (Å²) in [7, 11) is 0. The summed E-state index contributed by atoms with van der Waals surface area (Å²) in [5.74, 6) is -0.617. The lowest BCUT2D eigenvalue weighted by Gasteiger charge is -2.18. The van der Waals surface area contributed by atoms with Gasteiger partial charge >= 0.3 is 5.97 Å². The summed E-state index contributed by atoms with van der Waals surface area (Å²) in [6.07, 6.45) is 1.41. The largest absolute Gasteiger partial charge is 0.462 e. The number of nitrogen functional groups attached to an aromatic ring is 1. The molecule has 2 rings (SSSR count). The molecule has 6 heteroatoms. The number of nitrogens with two attached hydrogens (primary N) is 1. The Labute approximate surface area is 135 Å². The molecular formula is C17H21N3O3. The number of rotatable bonds is 3. The van der Waals surface area contributed by atoms with E-state index >= 15 is 0 Å². The average molecular weight is 315 g/mol. The van der Waals surface area contributed by atoms with Gasteiger partial charge in [-0.25, -0.2) is 4.79 Å². The van der Waals surface area contributed by atoms with Crippen molar-refractivity contribution in [2.45, 2.75) is 27.7 Å². The first-order valence-corrected chi connectivity index (χ1v) is 7.41. The van der Waals surface area contributed by atoms with Gasteiger partial charge in [0.25, 0.3) is 0 Å². The van der Waals surface area contributed by atoms with Crippen LogP contribution >= 0.6 is 0 Å². The molecule has 6 nitrogen and oxygen atoms in total. The van der Waals surface area contributed by atoms with Crippen LogP contribution in [-0.4, -0.2) is 23.5 Å². The van der Waals surface area contributed by atoms with Gasteiger partial charge in [-0.2, -0.15) is 0 Å². The molecule has 1 aromatic carbocycles. The molecule has 0 saturated carbocycles. The molecule has 3 N–H and O–H groups in total. The molecule has 2 aromatic rings. The molecule has 23 heavy (non-hydrogen) atoms. The first-order valence-electron chi connectivity index (χ1n) is 7.41. The van der Waals surface area contributed by atoms with Gasteiger partial charge in [0.15, 0.2) is 0 Å². The molecular weight excluding hydrogens is 294 g/mol. The van der Waals surface area contributed by atoms with Crippen LogP contribution in [0.15, 0.2) is 24.4 Å². The number of hydrogen-bond acceptors (Lipinski definition) is 5. The van der Waals surface area contributed by atoms with Crippen molar-refractivity contribution < 1.29 is 14.3 Å². The van der Waals surface area contributed by atoms with Crippen molar-refractivity contribution >= 4 is 34.2 Å². The van der Waals surface area contributed by atoms with E-state index in [-0.39, 0.29) is 18.1 Å². The van der Waals surface area contributed by atoms with Crippen molar-refractivity contribution in [3.63, 3.8) is 0 Å². The highest BCUT2D eigenvalue weighted by molar-refractivity contribution is 6.05. The van der Waals surface area contributed by atoms with Gasteiger partial charge in [-0.05, 0) is 25.1 Å². The van der Waals surface area contributed by atoms with E-state index in [0.29, 0.717) is 22.3 Å². The minimum absolute atomic E-state index is 0.107. The highest BCUT2D eigenvalue weighted by atomic mass is 16.5.